The molecular formula is C8H11ClNO3P. The van der Waals surface area contributed by atoms with E-state index < -0.39 is 7.60 Å². The Morgan fingerprint density at radius 3 is 2.29 bits per heavy atom. The lowest BCUT2D eigenvalue weighted by atomic mass is 10.3. The van der Waals surface area contributed by atoms with Crippen molar-refractivity contribution in [3.63, 3.8) is 0 Å². The summed E-state index contributed by atoms with van der Waals surface area (Å²) in [7, 11) is -2.39. The van der Waals surface area contributed by atoms with Crippen LogP contribution in [0.4, 0.5) is 5.69 Å². The van der Waals surface area contributed by atoms with Crippen LogP contribution in [0, 0.1) is 0 Å². The van der Waals surface area contributed by atoms with Gasteiger partial charge >= 0.3 is 7.60 Å². The molecule has 0 saturated carbocycles. The minimum atomic E-state index is -4.01. The second-order valence-electron chi connectivity index (χ2n) is 2.98. The zero-order valence-corrected chi connectivity index (χ0v) is 9.24. The Bertz CT molecular complexity index is 348. The predicted octanol–water partition coefficient (Wildman–Crippen LogP) is 1.91. The molecule has 0 radical (unpaired) electrons. The molecule has 4 nitrogen and oxygen atoms in total. The Hall–Kier alpha value is -0.540. The van der Waals surface area contributed by atoms with Crippen LogP contribution in [0.15, 0.2) is 24.3 Å². The van der Waals surface area contributed by atoms with Crippen molar-refractivity contribution >= 4 is 24.9 Å². The van der Waals surface area contributed by atoms with Crippen LogP contribution < -0.4 is 4.90 Å². The van der Waals surface area contributed by atoms with Crippen LogP contribution in [-0.4, -0.2) is 23.1 Å². The number of rotatable bonds is 3. The Kier molecular flexibility index (Phi) is 3.56. The van der Waals surface area contributed by atoms with Gasteiger partial charge in [0, 0.05) is 17.8 Å². The topological polar surface area (TPSA) is 60.8 Å². The first-order chi connectivity index (χ1) is 6.38. The van der Waals surface area contributed by atoms with Crippen molar-refractivity contribution in [1.29, 1.82) is 0 Å². The summed E-state index contributed by atoms with van der Waals surface area (Å²) < 4.78 is 10.7. The Morgan fingerprint density at radius 1 is 1.36 bits per heavy atom. The molecule has 0 aliphatic heterocycles. The predicted molar refractivity (Wildman–Crippen MR) is 56.8 cm³/mol. The van der Waals surface area contributed by atoms with E-state index in [-0.39, 0.29) is 6.29 Å². The van der Waals surface area contributed by atoms with E-state index in [0.717, 1.165) is 5.69 Å². The molecular weight excluding hydrogens is 225 g/mol. The SMILES string of the molecule is CN(CP(=O)(O)O)c1ccc(Cl)cc1. The molecule has 1 aromatic carbocycles. The van der Waals surface area contributed by atoms with Crippen molar-refractivity contribution in [2.75, 3.05) is 18.2 Å². The fourth-order valence-electron chi connectivity index (χ4n) is 1.05. The van der Waals surface area contributed by atoms with Crippen LogP contribution >= 0.6 is 19.2 Å². The molecule has 2 N–H and O–H groups in total. The van der Waals surface area contributed by atoms with Crippen molar-refractivity contribution < 1.29 is 14.4 Å². The summed E-state index contributed by atoms with van der Waals surface area (Å²) in [6.45, 7) is 0. The van der Waals surface area contributed by atoms with Crippen molar-refractivity contribution in [3.05, 3.63) is 29.3 Å². The number of halogens is 1. The molecule has 0 aliphatic rings. The Labute approximate surface area is 87.3 Å². The van der Waals surface area contributed by atoms with Gasteiger partial charge in [0.25, 0.3) is 0 Å². The third-order valence-corrected chi connectivity index (χ3v) is 2.71. The van der Waals surface area contributed by atoms with Gasteiger partial charge in [0.2, 0.25) is 0 Å². The van der Waals surface area contributed by atoms with E-state index in [1.807, 2.05) is 0 Å². The van der Waals surface area contributed by atoms with Gasteiger partial charge in [-0.3, -0.25) is 4.57 Å². The molecule has 0 bridgehead atoms. The third-order valence-electron chi connectivity index (χ3n) is 1.66. The highest BCUT2D eigenvalue weighted by Crippen LogP contribution is 2.36. The normalized spacial score (nSPS) is 11.4. The first-order valence-electron chi connectivity index (χ1n) is 3.90. The van der Waals surface area contributed by atoms with E-state index >= 15 is 0 Å². The zero-order valence-electron chi connectivity index (χ0n) is 7.59. The second kappa shape index (κ2) is 4.32. The zero-order chi connectivity index (χ0) is 10.8. The minimum Gasteiger partial charge on any atom is -0.363 e. The summed E-state index contributed by atoms with van der Waals surface area (Å²) in [6, 6.07) is 6.76. The van der Waals surface area contributed by atoms with E-state index in [1.165, 1.54) is 4.90 Å². The van der Waals surface area contributed by atoms with E-state index in [9.17, 15) is 4.57 Å². The molecule has 1 rings (SSSR count). The van der Waals surface area contributed by atoms with Crippen LogP contribution in [0.5, 0.6) is 0 Å². The largest absolute Gasteiger partial charge is 0.363 e. The van der Waals surface area contributed by atoms with Gasteiger partial charge in [-0.25, -0.2) is 0 Å². The van der Waals surface area contributed by atoms with Gasteiger partial charge in [0.1, 0.15) is 6.29 Å². The van der Waals surface area contributed by atoms with Crippen molar-refractivity contribution in [2.24, 2.45) is 0 Å². The number of hydrogen-bond acceptors (Lipinski definition) is 2. The molecule has 1 aromatic rings. The summed E-state index contributed by atoms with van der Waals surface area (Å²) in [6.07, 6.45) is -0.297. The maximum Gasteiger partial charge on any atom is 0.344 e. The first kappa shape index (κ1) is 11.5. The lowest BCUT2D eigenvalue weighted by Crippen LogP contribution is -2.18. The highest BCUT2D eigenvalue weighted by atomic mass is 35.5. The summed E-state index contributed by atoms with van der Waals surface area (Å²) in [5.41, 5.74) is 0.720. The summed E-state index contributed by atoms with van der Waals surface area (Å²) in [5, 5.41) is 0.596. The van der Waals surface area contributed by atoms with E-state index in [2.05, 4.69) is 0 Å². The molecule has 0 amide bonds. The lowest BCUT2D eigenvalue weighted by molar-refractivity contribution is 0.373. The molecule has 0 unspecified atom stereocenters. The third kappa shape index (κ3) is 3.68. The summed E-state index contributed by atoms with van der Waals surface area (Å²) in [5.74, 6) is 0. The molecule has 0 aliphatic carbocycles. The van der Waals surface area contributed by atoms with Gasteiger partial charge in [0.15, 0.2) is 0 Å². The van der Waals surface area contributed by atoms with Crippen LogP contribution in [-0.2, 0) is 4.57 Å². The first-order valence-corrected chi connectivity index (χ1v) is 6.07. The van der Waals surface area contributed by atoms with Gasteiger partial charge < -0.3 is 14.7 Å². The van der Waals surface area contributed by atoms with Crippen LogP contribution in [0.2, 0.25) is 5.02 Å². The van der Waals surface area contributed by atoms with Gasteiger partial charge in [-0.1, -0.05) is 11.6 Å². The minimum absolute atomic E-state index is 0.297. The van der Waals surface area contributed by atoms with E-state index in [0.29, 0.717) is 5.02 Å². The molecule has 0 saturated heterocycles. The maximum absolute atomic E-state index is 10.7. The standard InChI is InChI=1S/C8H11ClNO3P/c1-10(6-14(11,12)13)8-4-2-7(9)3-5-8/h2-5H,6H2,1H3,(H2,11,12,13). The van der Waals surface area contributed by atoms with Crippen LogP contribution in [0.3, 0.4) is 0 Å². The van der Waals surface area contributed by atoms with Crippen molar-refractivity contribution in [1.82, 2.24) is 0 Å². The van der Waals surface area contributed by atoms with Gasteiger partial charge in [-0.05, 0) is 24.3 Å². The number of nitrogens with zero attached hydrogens (tertiary/aromatic N) is 1. The average molecular weight is 236 g/mol. The second-order valence-corrected chi connectivity index (χ2v) is 5.03. The number of benzene rings is 1. The summed E-state index contributed by atoms with van der Waals surface area (Å²) in [4.78, 5) is 19.0. The molecule has 0 atom stereocenters. The Balaban J connectivity index is 2.75. The molecule has 0 spiro atoms. The number of hydrogen-bond donors (Lipinski definition) is 2. The number of anilines is 1. The van der Waals surface area contributed by atoms with Gasteiger partial charge in [0.05, 0.1) is 0 Å². The van der Waals surface area contributed by atoms with Crippen molar-refractivity contribution in [3.8, 4) is 0 Å². The smallest absolute Gasteiger partial charge is 0.344 e. The van der Waals surface area contributed by atoms with Gasteiger partial charge in [-0.15, -0.1) is 0 Å². The molecule has 6 heteroatoms. The molecule has 14 heavy (non-hydrogen) atoms. The van der Waals surface area contributed by atoms with E-state index in [4.69, 9.17) is 21.4 Å². The molecule has 0 aromatic heterocycles. The van der Waals surface area contributed by atoms with Gasteiger partial charge in [-0.2, -0.15) is 0 Å². The van der Waals surface area contributed by atoms with Crippen LogP contribution in [0.25, 0.3) is 0 Å². The lowest BCUT2D eigenvalue weighted by Gasteiger charge is -2.19. The van der Waals surface area contributed by atoms with Crippen LogP contribution in [0.1, 0.15) is 0 Å². The molecule has 0 heterocycles. The maximum atomic E-state index is 10.7. The fraction of sp³-hybridized carbons (Fsp3) is 0.250. The highest BCUT2D eigenvalue weighted by molar-refractivity contribution is 7.51. The average Bonchev–Trinajstić information content (AvgIpc) is 2.02. The quantitative estimate of drug-likeness (QED) is 0.786. The van der Waals surface area contributed by atoms with E-state index in [1.54, 1.807) is 31.3 Å². The Morgan fingerprint density at radius 2 is 1.86 bits per heavy atom. The molecule has 78 valence electrons. The monoisotopic (exact) mass is 235 g/mol. The van der Waals surface area contributed by atoms with Crippen molar-refractivity contribution in [2.45, 2.75) is 0 Å². The fourth-order valence-corrected chi connectivity index (χ4v) is 1.90. The summed E-state index contributed by atoms with van der Waals surface area (Å²) >= 11 is 5.68. The molecule has 0 fully saturated rings. The highest BCUT2D eigenvalue weighted by Gasteiger charge is 2.16.